The average Bonchev–Trinajstić information content (AvgIpc) is 2.59. The maximum Gasteiger partial charge on any atom is 0.410 e. The molecule has 2 aliphatic rings. The van der Waals surface area contributed by atoms with Gasteiger partial charge in [0.05, 0.1) is 0 Å². The second-order valence-corrected chi connectivity index (χ2v) is 6.45. The summed E-state index contributed by atoms with van der Waals surface area (Å²) in [6.45, 7) is 7.17. The van der Waals surface area contributed by atoms with E-state index in [-0.39, 0.29) is 17.6 Å². The van der Waals surface area contributed by atoms with Gasteiger partial charge in [0.25, 0.3) is 0 Å². The zero-order valence-electron chi connectivity index (χ0n) is 11.6. The normalized spacial score (nSPS) is 26.7. The number of rotatable bonds is 0. The van der Waals surface area contributed by atoms with Gasteiger partial charge in [-0.1, -0.05) is 12.2 Å². The smallest absolute Gasteiger partial charge is 0.410 e. The van der Waals surface area contributed by atoms with E-state index in [1.54, 1.807) is 4.90 Å². The largest absolute Gasteiger partial charge is 0.444 e. The van der Waals surface area contributed by atoms with E-state index in [0.717, 1.165) is 32.4 Å². The third-order valence-electron chi connectivity index (χ3n) is 3.92. The summed E-state index contributed by atoms with van der Waals surface area (Å²) in [5.41, 5.74) is 5.87. The van der Waals surface area contributed by atoms with Crippen molar-refractivity contribution in [3.8, 4) is 0 Å². The molecule has 1 spiro atoms. The summed E-state index contributed by atoms with van der Waals surface area (Å²) in [7, 11) is 0. The second-order valence-electron chi connectivity index (χ2n) is 6.45. The minimum Gasteiger partial charge on any atom is -0.444 e. The standard InChI is InChI=1S/C14H24N2O2/c1-13(2,3)18-12(17)16-9-7-14(8-10-16)6-4-5-11(14)15/h4,6,11H,5,7-10,15H2,1-3H3. The van der Waals surface area contributed by atoms with E-state index in [2.05, 4.69) is 12.2 Å². The average molecular weight is 252 g/mol. The minimum atomic E-state index is -0.421. The fourth-order valence-electron chi connectivity index (χ4n) is 2.78. The van der Waals surface area contributed by atoms with Crippen LogP contribution in [0.1, 0.15) is 40.0 Å². The zero-order valence-corrected chi connectivity index (χ0v) is 11.6. The molecule has 1 atom stereocenters. The quantitative estimate of drug-likeness (QED) is 0.673. The van der Waals surface area contributed by atoms with Gasteiger partial charge in [-0.05, 0) is 40.0 Å². The highest BCUT2D eigenvalue weighted by atomic mass is 16.6. The van der Waals surface area contributed by atoms with E-state index in [9.17, 15) is 4.79 Å². The van der Waals surface area contributed by atoms with Gasteiger partial charge in [0.2, 0.25) is 0 Å². The van der Waals surface area contributed by atoms with Gasteiger partial charge in [0.15, 0.2) is 0 Å². The van der Waals surface area contributed by atoms with Crippen LogP contribution in [0.2, 0.25) is 0 Å². The van der Waals surface area contributed by atoms with Crippen LogP contribution in [0, 0.1) is 5.41 Å². The van der Waals surface area contributed by atoms with E-state index in [0.29, 0.717) is 0 Å². The van der Waals surface area contributed by atoms with Gasteiger partial charge in [0.1, 0.15) is 5.60 Å². The van der Waals surface area contributed by atoms with Gasteiger partial charge in [-0.3, -0.25) is 0 Å². The molecular formula is C14H24N2O2. The zero-order chi connectivity index (χ0) is 13.4. The van der Waals surface area contributed by atoms with Crippen molar-refractivity contribution in [2.24, 2.45) is 11.1 Å². The fourth-order valence-corrected chi connectivity index (χ4v) is 2.78. The van der Waals surface area contributed by atoms with E-state index >= 15 is 0 Å². The van der Waals surface area contributed by atoms with Crippen molar-refractivity contribution >= 4 is 6.09 Å². The SMILES string of the molecule is CC(C)(C)OC(=O)N1CCC2(C=CCC2N)CC1. The Morgan fingerprint density at radius 3 is 2.44 bits per heavy atom. The first-order valence-corrected chi connectivity index (χ1v) is 6.74. The molecule has 1 unspecified atom stereocenters. The summed E-state index contributed by atoms with van der Waals surface area (Å²) in [6.07, 6.45) is 7.09. The van der Waals surface area contributed by atoms with Gasteiger partial charge < -0.3 is 15.4 Å². The highest BCUT2D eigenvalue weighted by molar-refractivity contribution is 5.68. The Labute approximate surface area is 109 Å². The van der Waals surface area contributed by atoms with Crippen LogP contribution in [0.3, 0.4) is 0 Å². The van der Waals surface area contributed by atoms with Crippen LogP contribution in [0.4, 0.5) is 4.79 Å². The van der Waals surface area contributed by atoms with Gasteiger partial charge in [-0.25, -0.2) is 4.79 Å². The van der Waals surface area contributed by atoms with E-state index in [1.807, 2.05) is 20.8 Å². The number of carbonyl (C=O) groups is 1. The highest BCUT2D eigenvalue weighted by Gasteiger charge is 2.41. The summed E-state index contributed by atoms with van der Waals surface area (Å²) >= 11 is 0. The first kappa shape index (κ1) is 13.4. The summed E-state index contributed by atoms with van der Waals surface area (Å²) in [6, 6.07) is 0.221. The highest BCUT2D eigenvalue weighted by Crippen LogP contribution is 2.41. The molecule has 2 N–H and O–H groups in total. The number of nitrogens with two attached hydrogens (primary N) is 1. The number of carbonyl (C=O) groups excluding carboxylic acids is 1. The number of amides is 1. The number of ether oxygens (including phenoxy) is 1. The topological polar surface area (TPSA) is 55.6 Å². The molecular weight excluding hydrogens is 228 g/mol. The molecule has 0 bridgehead atoms. The van der Waals surface area contributed by atoms with Gasteiger partial charge >= 0.3 is 6.09 Å². The lowest BCUT2D eigenvalue weighted by atomic mass is 9.75. The lowest BCUT2D eigenvalue weighted by Gasteiger charge is -2.41. The number of piperidine rings is 1. The molecule has 0 aromatic carbocycles. The Morgan fingerprint density at radius 1 is 1.39 bits per heavy atom. The van der Waals surface area contributed by atoms with Crippen LogP contribution in [0.15, 0.2) is 12.2 Å². The molecule has 1 amide bonds. The predicted molar refractivity (Wildman–Crippen MR) is 71.2 cm³/mol. The number of hydrogen-bond acceptors (Lipinski definition) is 3. The van der Waals surface area contributed by atoms with Crippen molar-refractivity contribution in [3.05, 3.63) is 12.2 Å². The lowest BCUT2D eigenvalue weighted by Crippen LogP contribution is -2.49. The molecule has 1 aliphatic carbocycles. The van der Waals surface area contributed by atoms with Crippen LogP contribution in [0.25, 0.3) is 0 Å². The molecule has 0 aromatic heterocycles. The van der Waals surface area contributed by atoms with E-state index in [1.165, 1.54) is 0 Å². The minimum absolute atomic E-state index is 0.124. The number of nitrogens with zero attached hydrogens (tertiary/aromatic N) is 1. The van der Waals surface area contributed by atoms with Crippen molar-refractivity contribution in [2.45, 2.75) is 51.7 Å². The Morgan fingerprint density at radius 2 is 2.00 bits per heavy atom. The molecule has 4 nitrogen and oxygen atoms in total. The Hall–Kier alpha value is -1.03. The maximum atomic E-state index is 12.0. The van der Waals surface area contributed by atoms with E-state index < -0.39 is 5.60 Å². The molecule has 0 aromatic rings. The number of hydrogen-bond donors (Lipinski definition) is 1. The van der Waals surface area contributed by atoms with Crippen LogP contribution >= 0.6 is 0 Å². The summed E-state index contributed by atoms with van der Waals surface area (Å²) < 4.78 is 5.39. The van der Waals surface area contributed by atoms with Gasteiger partial charge in [0, 0.05) is 24.5 Å². The van der Waals surface area contributed by atoms with Crippen LogP contribution in [0.5, 0.6) is 0 Å². The summed E-state index contributed by atoms with van der Waals surface area (Å²) in [5.74, 6) is 0. The molecule has 1 aliphatic heterocycles. The Balaban J connectivity index is 1.91. The monoisotopic (exact) mass is 252 g/mol. The Bertz CT molecular complexity index is 349. The van der Waals surface area contributed by atoms with Crippen molar-refractivity contribution in [1.82, 2.24) is 4.90 Å². The number of likely N-dealkylation sites (tertiary alicyclic amines) is 1. The van der Waals surface area contributed by atoms with Crippen molar-refractivity contribution in [1.29, 1.82) is 0 Å². The first-order chi connectivity index (χ1) is 8.32. The van der Waals surface area contributed by atoms with Gasteiger partial charge in [-0.2, -0.15) is 0 Å². The molecule has 102 valence electrons. The van der Waals surface area contributed by atoms with Gasteiger partial charge in [-0.15, -0.1) is 0 Å². The molecule has 0 radical (unpaired) electrons. The van der Waals surface area contributed by atoms with Crippen LogP contribution in [-0.4, -0.2) is 35.7 Å². The molecule has 4 heteroatoms. The second kappa shape index (κ2) is 4.57. The predicted octanol–water partition coefficient (Wildman–Crippen LogP) is 2.29. The lowest BCUT2D eigenvalue weighted by molar-refractivity contribution is 0.0130. The molecule has 0 saturated carbocycles. The Kier molecular flexibility index (Phi) is 3.41. The molecule has 2 rings (SSSR count). The molecule has 1 saturated heterocycles. The molecule has 18 heavy (non-hydrogen) atoms. The third kappa shape index (κ3) is 2.69. The van der Waals surface area contributed by atoms with Crippen LogP contribution < -0.4 is 5.73 Å². The van der Waals surface area contributed by atoms with Crippen molar-refractivity contribution in [2.75, 3.05) is 13.1 Å². The fraction of sp³-hybridized carbons (Fsp3) is 0.786. The first-order valence-electron chi connectivity index (χ1n) is 6.74. The summed E-state index contributed by atoms with van der Waals surface area (Å²) in [5, 5.41) is 0. The molecule has 1 heterocycles. The molecule has 1 fully saturated rings. The van der Waals surface area contributed by atoms with Crippen molar-refractivity contribution in [3.63, 3.8) is 0 Å². The summed E-state index contributed by atoms with van der Waals surface area (Å²) in [4.78, 5) is 13.8. The van der Waals surface area contributed by atoms with Crippen LogP contribution in [-0.2, 0) is 4.74 Å². The van der Waals surface area contributed by atoms with Crippen molar-refractivity contribution < 1.29 is 9.53 Å². The van der Waals surface area contributed by atoms with E-state index in [4.69, 9.17) is 10.5 Å². The third-order valence-corrected chi connectivity index (χ3v) is 3.92. The maximum absolute atomic E-state index is 12.0.